The molecule has 0 aliphatic heterocycles. The van der Waals surface area contributed by atoms with Crippen molar-refractivity contribution in [2.75, 3.05) is 40.4 Å². The smallest absolute Gasteiger partial charge is 0.0899 e. The molecule has 1 unspecified atom stereocenters. The van der Waals surface area contributed by atoms with Gasteiger partial charge in [-0.15, -0.1) is 0 Å². The van der Waals surface area contributed by atoms with E-state index in [1.54, 1.807) is 7.11 Å². The van der Waals surface area contributed by atoms with Crippen LogP contribution in [0, 0.1) is 0 Å². The average molecular weight is 218 g/mol. The minimum atomic E-state index is -0.394. The zero-order valence-electron chi connectivity index (χ0n) is 10.7. The highest BCUT2D eigenvalue weighted by Crippen LogP contribution is 1.97. The standard InChI is InChI=1S/C11H26N2O2/c1-11(2,3)12-6-7-13(4)8-10(14)9-15-5/h10,12,14H,6-9H2,1-5H3. The topological polar surface area (TPSA) is 44.7 Å². The Bertz CT molecular complexity index is 157. The zero-order chi connectivity index (χ0) is 11.9. The summed E-state index contributed by atoms with van der Waals surface area (Å²) in [5.41, 5.74) is 0.159. The molecule has 0 amide bonds. The summed E-state index contributed by atoms with van der Waals surface area (Å²) in [6.07, 6.45) is -0.394. The summed E-state index contributed by atoms with van der Waals surface area (Å²) >= 11 is 0. The summed E-state index contributed by atoms with van der Waals surface area (Å²) in [4.78, 5) is 2.10. The maximum absolute atomic E-state index is 9.49. The first-order valence-electron chi connectivity index (χ1n) is 5.45. The van der Waals surface area contributed by atoms with Crippen molar-refractivity contribution in [2.24, 2.45) is 0 Å². The number of aliphatic hydroxyl groups is 1. The van der Waals surface area contributed by atoms with Crippen molar-refractivity contribution in [3.63, 3.8) is 0 Å². The molecular weight excluding hydrogens is 192 g/mol. The highest BCUT2D eigenvalue weighted by atomic mass is 16.5. The Morgan fingerprint density at radius 3 is 2.47 bits per heavy atom. The molecule has 0 aliphatic rings. The van der Waals surface area contributed by atoms with Gasteiger partial charge in [-0.3, -0.25) is 0 Å². The van der Waals surface area contributed by atoms with E-state index in [1.807, 2.05) is 7.05 Å². The van der Waals surface area contributed by atoms with Crippen LogP contribution in [0.5, 0.6) is 0 Å². The van der Waals surface area contributed by atoms with E-state index in [0.29, 0.717) is 13.2 Å². The molecule has 0 radical (unpaired) electrons. The second-order valence-electron chi connectivity index (χ2n) is 5.05. The zero-order valence-corrected chi connectivity index (χ0v) is 10.7. The molecule has 1 atom stereocenters. The van der Waals surface area contributed by atoms with Gasteiger partial charge in [-0.25, -0.2) is 0 Å². The number of methoxy groups -OCH3 is 1. The summed E-state index contributed by atoms with van der Waals surface area (Å²) < 4.78 is 4.87. The molecule has 0 aliphatic carbocycles. The minimum Gasteiger partial charge on any atom is -0.389 e. The lowest BCUT2D eigenvalue weighted by atomic mass is 10.1. The van der Waals surface area contributed by atoms with Crippen molar-refractivity contribution in [3.05, 3.63) is 0 Å². The van der Waals surface area contributed by atoms with Crippen LogP contribution in [-0.2, 0) is 4.74 Å². The van der Waals surface area contributed by atoms with Crippen LogP contribution in [0.25, 0.3) is 0 Å². The van der Waals surface area contributed by atoms with Gasteiger partial charge in [0, 0.05) is 32.3 Å². The molecule has 0 saturated carbocycles. The van der Waals surface area contributed by atoms with Gasteiger partial charge in [0.15, 0.2) is 0 Å². The fraction of sp³-hybridized carbons (Fsp3) is 1.00. The number of hydrogen-bond acceptors (Lipinski definition) is 4. The molecule has 2 N–H and O–H groups in total. The van der Waals surface area contributed by atoms with Crippen LogP contribution in [0.1, 0.15) is 20.8 Å². The van der Waals surface area contributed by atoms with Gasteiger partial charge in [0.25, 0.3) is 0 Å². The molecule has 0 bridgehead atoms. The largest absolute Gasteiger partial charge is 0.389 e. The van der Waals surface area contributed by atoms with E-state index < -0.39 is 6.10 Å². The minimum absolute atomic E-state index is 0.159. The van der Waals surface area contributed by atoms with Crippen LogP contribution in [0.4, 0.5) is 0 Å². The molecule has 0 rings (SSSR count). The second kappa shape index (κ2) is 7.17. The number of hydrogen-bond donors (Lipinski definition) is 2. The van der Waals surface area contributed by atoms with Crippen LogP contribution >= 0.6 is 0 Å². The number of nitrogens with zero attached hydrogens (tertiary/aromatic N) is 1. The number of likely N-dealkylation sites (N-methyl/N-ethyl adjacent to an activating group) is 1. The van der Waals surface area contributed by atoms with E-state index in [2.05, 4.69) is 31.0 Å². The molecule has 0 saturated heterocycles. The van der Waals surface area contributed by atoms with Gasteiger partial charge < -0.3 is 20.1 Å². The Labute approximate surface area is 93.6 Å². The monoisotopic (exact) mass is 218 g/mol. The van der Waals surface area contributed by atoms with Crippen molar-refractivity contribution < 1.29 is 9.84 Å². The lowest BCUT2D eigenvalue weighted by Crippen LogP contribution is -2.42. The predicted molar refractivity (Wildman–Crippen MR) is 63.1 cm³/mol. The van der Waals surface area contributed by atoms with Crippen LogP contribution < -0.4 is 5.32 Å². The van der Waals surface area contributed by atoms with Gasteiger partial charge in [0.05, 0.1) is 12.7 Å². The van der Waals surface area contributed by atoms with E-state index in [-0.39, 0.29) is 5.54 Å². The van der Waals surface area contributed by atoms with Gasteiger partial charge in [-0.1, -0.05) is 0 Å². The van der Waals surface area contributed by atoms with Gasteiger partial charge >= 0.3 is 0 Å². The van der Waals surface area contributed by atoms with Crippen molar-refractivity contribution in [1.29, 1.82) is 0 Å². The average Bonchev–Trinajstić information content (AvgIpc) is 2.01. The number of rotatable bonds is 7. The van der Waals surface area contributed by atoms with Crippen molar-refractivity contribution >= 4 is 0 Å². The Morgan fingerprint density at radius 2 is 2.00 bits per heavy atom. The fourth-order valence-electron chi connectivity index (χ4n) is 1.32. The quantitative estimate of drug-likeness (QED) is 0.646. The molecule has 0 fully saturated rings. The third-order valence-electron chi connectivity index (χ3n) is 2.03. The highest BCUT2D eigenvalue weighted by Gasteiger charge is 2.10. The molecular formula is C11H26N2O2. The Morgan fingerprint density at radius 1 is 1.40 bits per heavy atom. The third-order valence-corrected chi connectivity index (χ3v) is 2.03. The molecule has 4 heteroatoms. The summed E-state index contributed by atoms with van der Waals surface area (Å²) in [7, 11) is 3.60. The highest BCUT2D eigenvalue weighted by molar-refractivity contribution is 4.71. The first kappa shape index (κ1) is 14.8. The van der Waals surface area contributed by atoms with Crippen LogP contribution in [0.15, 0.2) is 0 Å². The van der Waals surface area contributed by atoms with Gasteiger partial charge in [-0.05, 0) is 27.8 Å². The molecule has 0 spiro atoms. The van der Waals surface area contributed by atoms with Gasteiger partial charge in [0.2, 0.25) is 0 Å². The Kier molecular flexibility index (Phi) is 7.09. The molecule has 0 aromatic heterocycles. The number of ether oxygens (including phenoxy) is 1. The SMILES string of the molecule is COCC(O)CN(C)CCNC(C)(C)C. The van der Waals surface area contributed by atoms with E-state index >= 15 is 0 Å². The molecule has 92 valence electrons. The number of nitrogens with one attached hydrogen (secondary N) is 1. The van der Waals surface area contributed by atoms with Gasteiger partial charge in [-0.2, -0.15) is 0 Å². The lowest BCUT2D eigenvalue weighted by molar-refractivity contribution is 0.0433. The Hall–Kier alpha value is -0.160. The molecule has 0 aromatic carbocycles. The summed E-state index contributed by atoms with van der Waals surface area (Å²) in [6, 6.07) is 0. The summed E-state index contributed by atoms with van der Waals surface area (Å²) in [5, 5.41) is 12.9. The van der Waals surface area contributed by atoms with Crippen LogP contribution in [0.2, 0.25) is 0 Å². The van der Waals surface area contributed by atoms with E-state index in [4.69, 9.17) is 4.74 Å². The second-order valence-corrected chi connectivity index (χ2v) is 5.05. The number of aliphatic hydroxyl groups excluding tert-OH is 1. The van der Waals surface area contributed by atoms with Crippen molar-refractivity contribution in [3.8, 4) is 0 Å². The molecule has 0 heterocycles. The summed E-state index contributed by atoms with van der Waals surface area (Å²) in [6.45, 7) is 9.35. The molecule has 4 nitrogen and oxygen atoms in total. The van der Waals surface area contributed by atoms with Crippen molar-refractivity contribution in [2.45, 2.75) is 32.4 Å². The van der Waals surface area contributed by atoms with Crippen LogP contribution in [-0.4, -0.2) is 62.0 Å². The van der Waals surface area contributed by atoms with Gasteiger partial charge in [0.1, 0.15) is 0 Å². The first-order chi connectivity index (χ1) is 6.85. The molecule has 15 heavy (non-hydrogen) atoms. The normalized spacial score (nSPS) is 14.6. The molecule has 0 aromatic rings. The fourth-order valence-corrected chi connectivity index (χ4v) is 1.32. The van der Waals surface area contributed by atoms with E-state index in [0.717, 1.165) is 13.1 Å². The van der Waals surface area contributed by atoms with E-state index in [9.17, 15) is 5.11 Å². The maximum atomic E-state index is 9.49. The first-order valence-corrected chi connectivity index (χ1v) is 5.45. The summed E-state index contributed by atoms with van der Waals surface area (Å²) in [5.74, 6) is 0. The Balaban J connectivity index is 3.53. The van der Waals surface area contributed by atoms with Crippen molar-refractivity contribution in [1.82, 2.24) is 10.2 Å². The maximum Gasteiger partial charge on any atom is 0.0899 e. The predicted octanol–water partition coefficient (Wildman–Crippen LogP) is 0.314. The lowest BCUT2D eigenvalue weighted by Gasteiger charge is -2.24. The van der Waals surface area contributed by atoms with Crippen LogP contribution in [0.3, 0.4) is 0 Å². The van der Waals surface area contributed by atoms with E-state index in [1.165, 1.54) is 0 Å². The third kappa shape index (κ3) is 10.1.